The second kappa shape index (κ2) is 10.0. The van der Waals surface area contributed by atoms with Gasteiger partial charge in [-0.15, -0.1) is 4.91 Å². The summed E-state index contributed by atoms with van der Waals surface area (Å²) < 4.78 is 7.57. The number of aromatic nitrogens is 3. The summed E-state index contributed by atoms with van der Waals surface area (Å²) in [6, 6.07) is 11.8. The van der Waals surface area contributed by atoms with Gasteiger partial charge in [0.2, 0.25) is 5.95 Å². The average molecular weight is 518 g/mol. The van der Waals surface area contributed by atoms with Crippen molar-refractivity contribution in [2.24, 2.45) is 10.6 Å². The van der Waals surface area contributed by atoms with Crippen molar-refractivity contribution in [1.82, 2.24) is 14.1 Å². The molecule has 0 bridgehead atoms. The zero-order chi connectivity index (χ0) is 25.2. The molecule has 1 aliphatic rings. The van der Waals surface area contributed by atoms with Gasteiger partial charge in [-0.25, -0.2) is 14.2 Å². The number of halogens is 2. The van der Waals surface area contributed by atoms with Gasteiger partial charge >= 0.3 is 11.4 Å². The van der Waals surface area contributed by atoms with Crippen LogP contribution in [0.5, 0.6) is 5.75 Å². The van der Waals surface area contributed by atoms with Crippen LogP contribution in [0.4, 0.5) is 11.6 Å². The van der Waals surface area contributed by atoms with Gasteiger partial charge in [-0.1, -0.05) is 35.3 Å². The first-order valence-electron chi connectivity index (χ1n) is 10.8. The molecular formula is C23H21Cl2N5O5. The molecule has 1 fully saturated rings. The number of anilines is 2. The minimum absolute atomic E-state index is 0.0175. The van der Waals surface area contributed by atoms with Gasteiger partial charge < -0.3 is 10.1 Å². The molecule has 10 nitrogen and oxygen atoms in total. The minimum atomic E-state index is -1.14. The summed E-state index contributed by atoms with van der Waals surface area (Å²) in [4.78, 5) is 53.1. The maximum Gasteiger partial charge on any atom is 0.354 e. The van der Waals surface area contributed by atoms with Crippen molar-refractivity contribution in [2.45, 2.75) is 32.9 Å². The number of hydrogen-bond donors (Lipinski definition) is 1. The average Bonchev–Trinajstić information content (AvgIpc) is 3.62. The summed E-state index contributed by atoms with van der Waals surface area (Å²) in [5.41, 5.74) is -1.48. The highest BCUT2D eigenvalue weighted by Gasteiger charge is 2.51. The number of nitrogens with zero attached hydrogens (tertiary/aromatic N) is 4. The van der Waals surface area contributed by atoms with Gasteiger partial charge in [0.05, 0.1) is 23.6 Å². The van der Waals surface area contributed by atoms with Crippen molar-refractivity contribution < 1.29 is 9.53 Å². The fourth-order valence-electron chi connectivity index (χ4n) is 3.65. The highest BCUT2D eigenvalue weighted by atomic mass is 35.5. The summed E-state index contributed by atoms with van der Waals surface area (Å²) >= 11 is 12.2. The van der Waals surface area contributed by atoms with E-state index in [4.69, 9.17) is 27.9 Å². The Morgan fingerprint density at radius 1 is 1.14 bits per heavy atom. The van der Waals surface area contributed by atoms with Gasteiger partial charge in [0, 0.05) is 22.4 Å². The van der Waals surface area contributed by atoms with Gasteiger partial charge in [-0.05, 0) is 55.7 Å². The van der Waals surface area contributed by atoms with Crippen LogP contribution in [0.3, 0.4) is 0 Å². The number of ether oxygens (including phenoxy) is 1. The topological polar surface area (TPSA) is 125 Å². The van der Waals surface area contributed by atoms with E-state index in [1.807, 2.05) is 6.92 Å². The Morgan fingerprint density at radius 2 is 1.86 bits per heavy atom. The van der Waals surface area contributed by atoms with Crippen LogP contribution >= 0.6 is 23.2 Å². The lowest BCUT2D eigenvalue weighted by Gasteiger charge is -2.17. The summed E-state index contributed by atoms with van der Waals surface area (Å²) in [5, 5.41) is 6.34. The summed E-state index contributed by atoms with van der Waals surface area (Å²) in [6.07, 6.45) is 0.733. The monoisotopic (exact) mass is 517 g/mol. The molecule has 182 valence electrons. The molecule has 1 N–H and O–H groups in total. The minimum Gasteiger partial charge on any atom is -0.492 e. The first kappa shape index (κ1) is 24.6. The quantitative estimate of drug-likeness (QED) is 0.425. The lowest BCUT2D eigenvalue weighted by atomic mass is 10.1. The van der Waals surface area contributed by atoms with Gasteiger partial charge in [0.1, 0.15) is 5.75 Å². The molecule has 1 saturated carbocycles. The van der Waals surface area contributed by atoms with Crippen molar-refractivity contribution in [1.29, 1.82) is 0 Å². The van der Waals surface area contributed by atoms with E-state index in [1.165, 1.54) is 4.57 Å². The highest BCUT2D eigenvalue weighted by Crippen LogP contribution is 2.47. The molecular weight excluding hydrogens is 497 g/mol. The lowest BCUT2D eigenvalue weighted by Crippen LogP contribution is -2.45. The van der Waals surface area contributed by atoms with Crippen LogP contribution < -0.4 is 21.4 Å². The second-order valence-electron chi connectivity index (χ2n) is 8.18. The van der Waals surface area contributed by atoms with Crippen LogP contribution in [0.2, 0.25) is 10.0 Å². The Kier molecular flexibility index (Phi) is 7.04. The first-order valence-corrected chi connectivity index (χ1v) is 11.6. The van der Waals surface area contributed by atoms with Gasteiger partial charge in [0.25, 0.3) is 5.91 Å². The zero-order valence-corrected chi connectivity index (χ0v) is 20.2. The largest absolute Gasteiger partial charge is 0.492 e. The van der Waals surface area contributed by atoms with Crippen molar-refractivity contribution in [3.05, 3.63) is 83.9 Å². The van der Waals surface area contributed by atoms with Crippen molar-refractivity contribution >= 4 is 40.7 Å². The molecule has 0 radical (unpaired) electrons. The number of amides is 1. The smallest absolute Gasteiger partial charge is 0.354 e. The number of benzene rings is 2. The predicted molar refractivity (Wildman–Crippen MR) is 132 cm³/mol. The third kappa shape index (κ3) is 5.28. The van der Waals surface area contributed by atoms with Crippen LogP contribution in [0.1, 0.15) is 25.3 Å². The Balaban J connectivity index is 1.76. The normalized spacial score (nSPS) is 13.8. The number of hydrogen-bond acceptors (Lipinski definition) is 7. The van der Waals surface area contributed by atoms with E-state index in [0.717, 1.165) is 10.1 Å². The van der Waals surface area contributed by atoms with Crippen LogP contribution in [0, 0.1) is 10.3 Å². The van der Waals surface area contributed by atoms with Crippen LogP contribution in [-0.2, 0) is 17.9 Å². The van der Waals surface area contributed by atoms with Crippen LogP contribution in [0.25, 0.3) is 0 Å². The predicted octanol–water partition coefficient (Wildman–Crippen LogP) is 3.98. The zero-order valence-electron chi connectivity index (χ0n) is 18.7. The first-order chi connectivity index (χ1) is 16.8. The number of rotatable bonds is 9. The standard InChI is InChI=1S/C23H21Cl2N5O5/c1-2-35-18-8-7-16(11-17(18)25)26-20-27-21(32)30(13-23(9-10-23)19(31)28-34)22(33)29(20)12-14-3-5-15(24)6-4-14/h3-8,11H,2,9-10,12-13H2,1H3,(H,26,27,32). The van der Waals surface area contributed by atoms with Gasteiger partial charge in [0.15, 0.2) is 0 Å². The Labute approximate surface area is 209 Å². The molecule has 1 aliphatic carbocycles. The molecule has 0 atom stereocenters. The van der Waals surface area contributed by atoms with E-state index in [2.05, 4.69) is 15.5 Å². The third-order valence-corrected chi connectivity index (χ3v) is 6.29. The number of carbonyl (C=O) groups is 1. The van der Waals surface area contributed by atoms with E-state index in [-0.39, 0.29) is 19.0 Å². The molecule has 0 aliphatic heterocycles. The fraction of sp³-hybridized carbons (Fsp3) is 0.304. The second-order valence-corrected chi connectivity index (χ2v) is 9.02. The molecule has 0 spiro atoms. The highest BCUT2D eigenvalue weighted by molar-refractivity contribution is 6.32. The summed E-state index contributed by atoms with van der Waals surface area (Å²) in [5.74, 6) is -0.403. The van der Waals surface area contributed by atoms with E-state index in [9.17, 15) is 19.3 Å². The molecule has 4 rings (SSSR count). The maximum atomic E-state index is 13.4. The Bertz CT molecular complexity index is 1400. The SMILES string of the molecule is CCOc1ccc(Nc2nc(=O)n(CC3(C(=O)N=O)CC3)c(=O)n2Cc2ccc(Cl)cc2)cc1Cl. The van der Waals surface area contributed by atoms with Crippen molar-refractivity contribution in [3.8, 4) is 5.75 Å². The number of nitrogens with one attached hydrogen (secondary N) is 1. The van der Waals surface area contributed by atoms with E-state index < -0.39 is 22.7 Å². The fourth-order valence-corrected chi connectivity index (χ4v) is 4.01. The molecule has 1 heterocycles. The number of carbonyl (C=O) groups excluding carboxylic acids is 1. The molecule has 1 amide bonds. The van der Waals surface area contributed by atoms with E-state index in [0.29, 0.717) is 40.9 Å². The number of nitroso groups, excluding NO2 is 1. The molecule has 0 unspecified atom stereocenters. The Morgan fingerprint density at radius 3 is 2.46 bits per heavy atom. The molecule has 3 aromatic rings. The van der Waals surface area contributed by atoms with Crippen molar-refractivity contribution in [2.75, 3.05) is 11.9 Å². The summed E-state index contributed by atoms with van der Waals surface area (Å²) in [6.45, 7) is 2.07. The maximum absolute atomic E-state index is 13.4. The Hall–Kier alpha value is -3.50. The molecule has 12 heteroatoms. The van der Waals surface area contributed by atoms with Crippen LogP contribution in [0.15, 0.2) is 57.2 Å². The third-order valence-electron chi connectivity index (χ3n) is 5.74. The molecule has 0 saturated heterocycles. The summed E-state index contributed by atoms with van der Waals surface area (Å²) in [7, 11) is 0. The van der Waals surface area contributed by atoms with Crippen LogP contribution in [-0.4, -0.2) is 26.6 Å². The lowest BCUT2D eigenvalue weighted by molar-refractivity contribution is -0.123. The molecule has 1 aromatic heterocycles. The van der Waals surface area contributed by atoms with Crippen molar-refractivity contribution in [3.63, 3.8) is 0 Å². The molecule has 2 aromatic carbocycles. The van der Waals surface area contributed by atoms with E-state index in [1.54, 1.807) is 42.5 Å². The van der Waals surface area contributed by atoms with E-state index >= 15 is 0 Å². The molecule has 35 heavy (non-hydrogen) atoms. The van der Waals surface area contributed by atoms with Gasteiger partial charge in [-0.3, -0.25) is 9.36 Å². The van der Waals surface area contributed by atoms with Gasteiger partial charge in [-0.2, -0.15) is 4.98 Å².